The Bertz CT molecular complexity index is 3320. The monoisotopic (exact) mass is 1180 g/mol. The van der Waals surface area contributed by atoms with Gasteiger partial charge in [-0.2, -0.15) is 0 Å². The number of carbonyl (C=O) groups excluding carboxylic acids is 4. The molecule has 0 saturated carbocycles. The van der Waals surface area contributed by atoms with Crippen molar-refractivity contribution in [3.05, 3.63) is 269 Å². The molecule has 0 saturated heterocycles. The van der Waals surface area contributed by atoms with Crippen molar-refractivity contribution in [1.29, 1.82) is 0 Å². The highest BCUT2D eigenvalue weighted by molar-refractivity contribution is 5.81. The summed E-state index contributed by atoms with van der Waals surface area (Å²) in [5, 5.41) is 14.6. The molecule has 16 heteroatoms. The van der Waals surface area contributed by atoms with Gasteiger partial charge in [-0.1, -0.05) is 188 Å². The lowest BCUT2D eigenvalue weighted by molar-refractivity contribution is -0.146. The zero-order valence-corrected chi connectivity index (χ0v) is 50.0. The van der Waals surface area contributed by atoms with Crippen molar-refractivity contribution in [3.8, 4) is 17.2 Å². The first-order valence-corrected chi connectivity index (χ1v) is 28.4. The molecule has 16 nitrogen and oxygen atoms in total. The summed E-state index contributed by atoms with van der Waals surface area (Å²) in [5.74, 6) is 0.162. The molecule has 0 bridgehead atoms. The first-order chi connectivity index (χ1) is 41.7. The zero-order chi connectivity index (χ0) is 62.4. The van der Waals surface area contributed by atoms with Gasteiger partial charge in [0.15, 0.2) is 6.04 Å². The second-order valence-electron chi connectivity index (χ2n) is 22.0. The average molecular weight is 1180 g/mol. The predicted octanol–water partition coefficient (Wildman–Crippen LogP) is 14.3. The first-order valence-electron chi connectivity index (χ1n) is 28.4. The minimum atomic E-state index is -1.20. The van der Waals surface area contributed by atoms with Gasteiger partial charge in [0.2, 0.25) is 0 Å². The summed E-state index contributed by atoms with van der Waals surface area (Å²) in [4.78, 5) is 60.3. The van der Waals surface area contributed by atoms with Crippen LogP contribution in [0.3, 0.4) is 0 Å². The summed E-state index contributed by atoms with van der Waals surface area (Å²) in [5.41, 5.74) is 11.9. The molecule has 454 valence electrons. The highest BCUT2D eigenvalue weighted by Crippen LogP contribution is 2.25. The summed E-state index contributed by atoms with van der Waals surface area (Å²) >= 11 is 0. The summed E-state index contributed by atoms with van der Waals surface area (Å²) in [6, 6.07) is 67.7. The fourth-order valence-corrected chi connectivity index (χ4v) is 8.06. The molecular weight excluding hydrogens is 1100 g/mol. The Balaban J connectivity index is 0.000000211. The lowest BCUT2D eigenvalue weighted by Crippen LogP contribution is -2.38. The molecule has 0 aliphatic rings. The van der Waals surface area contributed by atoms with Gasteiger partial charge in [0, 0.05) is 6.04 Å². The maximum Gasteiger partial charge on any atom is 0.408 e. The van der Waals surface area contributed by atoms with E-state index in [2.05, 4.69) is 10.6 Å². The fourth-order valence-electron chi connectivity index (χ4n) is 8.06. The molecule has 0 aromatic heterocycles. The number of amides is 2. The van der Waals surface area contributed by atoms with E-state index in [1.807, 2.05) is 200 Å². The Labute approximate surface area is 509 Å². The molecule has 5 N–H and O–H groups in total. The van der Waals surface area contributed by atoms with E-state index in [9.17, 15) is 29.1 Å². The normalized spacial score (nSPS) is 11.9. The first kappa shape index (κ1) is 66.2. The molecule has 0 spiro atoms. The number of nitrogens with one attached hydrogen (secondary N) is 2. The van der Waals surface area contributed by atoms with E-state index >= 15 is 0 Å². The molecule has 2 amide bonds. The third kappa shape index (κ3) is 25.8. The van der Waals surface area contributed by atoms with Crippen molar-refractivity contribution in [2.75, 3.05) is 0 Å². The van der Waals surface area contributed by atoms with Gasteiger partial charge in [-0.05, 0) is 122 Å². The van der Waals surface area contributed by atoms with E-state index < -0.39 is 53.5 Å². The number of hydrogen-bond donors (Lipinski definition) is 4. The third-order valence-corrected chi connectivity index (χ3v) is 12.4. The number of carbonyl (C=O) groups is 5. The van der Waals surface area contributed by atoms with Gasteiger partial charge >= 0.3 is 30.1 Å². The smallest absolute Gasteiger partial charge is 0.408 e. The number of alkyl carbamates (subject to hydrolysis) is 2. The molecule has 87 heavy (non-hydrogen) atoms. The van der Waals surface area contributed by atoms with Crippen LogP contribution in [0.15, 0.2) is 224 Å². The van der Waals surface area contributed by atoms with Crippen molar-refractivity contribution >= 4 is 30.1 Å². The van der Waals surface area contributed by atoms with Crippen LogP contribution >= 0.6 is 0 Å². The van der Waals surface area contributed by atoms with Gasteiger partial charge < -0.3 is 54.6 Å². The zero-order valence-electron chi connectivity index (χ0n) is 50.0. The Morgan fingerprint density at radius 2 is 0.690 bits per heavy atom. The topological polar surface area (TPSA) is 220 Å². The molecule has 0 heterocycles. The quantitative estimate of drug-likeness (QED) is 0.0346. The summed E-state index contributed by atoms with van der Waals surface area (Å²) in [6.45, 7) is 12.3. The maximum atomic E-state index is 12.6. The number of aliphatic carboxylic acids is 1. The highest BCUT2D eigenvalue weighted by atomic mass is 16.6. The van der Waals surface area contributed by atoms with E-state index in [0.29, 0.717) is 36.9 Å². The van der Waals surface area contributed by atoms with Crippen LogP contribution in [0.5, 0.6) is 17.2 Å². The van der Waals surface area contributed by atoms with Gasteiger partial charge in [-0.3, -0.25) is 9.59 Å². The van der Waals surface area contributed by atoms with Crippen LogP contribution in [0.25, 0.3) is 0 Å². The largest absolute Gasteiger partial charge is 0.489 e. The molecule has 3 atom stereocenters. The maximum absolute atomic E-state index is 12.6. The van der Waals surface area contributed by atoms with Crippen LogP contribution in [-0.4, -0.2) is 46.4 Å². The van der Waals surface area contributed by atoms with Gasteiger partial charge in [0.05, 0.1) is 18.9 Å². The number of hydrogen-bond acceptors (Lipinski definition) is 13. The van der Waals surface area contributed by atoms with Gasteiger partial charge in [-0.25, -0.2) is 14.4 Å². The molecule has 3 unspecified atom stereocenters. The number of rotatable bonds is 23. The summed E-state index contributed by atoms with van der Waals surface area (Å²) in [7, 11) is 0. The average Bonchev–Trinajstić information content (AvgIpc) is 3.71. The van der Waals surface area contributed by atoms with E-state index in [0.717, 1.165) is 44.7 Å². The number of carboxylic acid groups (broad SMARTS) is 1. The Morgan fingerprint density at radius 1 is 0.391 bits per heavy atom. The van der Waals surface area contributed by atoms with Gasteiger partial charge in [0.25, 0.3) is 0 Å². The number of ether oxygens (including phenoxy) is 7. The van der Waals surface area contributed by atoms with Gasteiger partial charge in [0.1, 0.15) is 61.5 Å². The highest BCUT2D eigenvalue weighted by Gasteiger charge is 2.26. The molecule has 0 fully saturated rings. The Morgan fingerprint density at radius 3 is 1.02 bits per heavy atom. The molecule has 0 aliphatic heterocycles. The number of nitrogens with two attached hydrogens (primary N) is 1. The lowest BCUT2D eigenvalue weighted by Gasteiger charge is -2.23. The van der Waals surface area contributed by atoms with Crippen LogP contribution in [0.1, 0.15) is 117 Å². The number of carboxylic acids is 1. The molecule has 8 aromatic carbocycles. The minimum absolute atomic E-state index is 0.0315. The molecule has 8 rings (SSSR count). The second kappa shape index (κ2) is 34.1. The predicted molar refractivity (Wildman–Crippen MR) is 332 cm³/mol. The van der Waals surface area contributed by atoms with E-state index in [1.165, 1.54) is 0 Å². The van der Waals surface area contributed by atoms with Crippen LogP contribution in [0.2, 0.25) is 0 Å². The Hall–Kier alpha value is -9.93. The molecule has 8 aromatic rings. The fraction of sp³-hybridized carbons (Fsp3) is 0.254. The lowest BCUT2D eigenvalue weighted by atomic mass is 10.0. The van der Waals surface area contributed by atoms with Crippen LogP contribution in [0, 0.1) is 0 Å². The van der Waals surface area contributed by atoms with E-state index in [4.69, 9.17) is 38.9 Å². The Kier molecular flexibility index (Phi) is 26.0. The third-order valence-electron chi connectivity index (χ3n) is 12.4. The molecule has 0 aliphatic carbocycles. The molecular formula is C71H77N3O13. The summed E-state index contributed by atoms with van der Waals surface area (Å²) in [6.07, 6.45) is -1.28. The molecule has 0 radical (unpaired) electrons. The van der Waals surface area contributed by atoms with Crippen LogP contribution < -0.4 is 30.6 Å². The van der Waals surface area contributed by atoms with Crippen molar-refractivity contribution in [2.24, 2.45) is 5.73 Å². The van der Waals surface area contributed by atoms with Crippen molar-refractivity contribution in [3.63, 3.8) is 0 Å². The van der Waals surface area contributed by atoms with Crippen molar-refractivity contribution in [1.82, 2.24) is 10.6 Å². The van der Waals surface area contributed by atoms with E-state index in [-0.39, 0.29) is 32.0 Å². The second-order valence-corrected chi connectivity index (χ2v) is 22.0. The minimum Gasteiger partial charge on any atom is -0.489 e. The van der Waals surface area contributed by atoms with E-state index in [1.54, 1.807) is 65.8 Å². The van der Waals surface area contributed by atoms with Crippen LogP contribution in [0.4, 0.5) is 9.59 Å². The number of esters is 2. The standard InChI is InChI=1S/C28H31NO5.C23H23NO3.C20H23NO5/c1-28(2,3)34-27(31)29-25(18-26(30)33-20-22-12-8-5-9-13-22)23-14-16-24(17-15-23)32-19-21-10-6-4-7-11-21;24-22(15-23(25)27-17-19-9-5-2-6-10-19)20-11-13-21(14-12-20)26-16-18-7-3-1-4-8-18;1-20(2,3)26-19(24)21-17(18(22)23)15-9-11-16(12-10-15)25-13-14-7-5-4-6-8-14/h4-17,25H,18-20H2,1-3H3,(H,29,31);1-14,22H,15-17,24H2;4-12,17H,13H2,1-3H3,(H,21,24)(H,22,23). The number of benzene rings is 8. The summed E-state index contributed by atoms with van der Waals surface area (Å²) < 4.78 is 38.5. The van der Waals surface area contributed by atoms with Gasteiger partial charge in [-0.15, -0.1) is 0 Å². The SMILES string of the molecule is CC(C)(C)OC(=O)NC(C(=O)O)c1ccc(OCc2ccccc2)cc1.CC(C)(C)OC(=O)NC(CC(=O)OCc1ccccc1)c1ccc(OCc2ccccc2)cc1.NC(CC(=O)OCc1ccccc1)c1ccc(OCc2ccccc2)cc1. The van der Waals surface area contributed by atoms with Crippen molar-refractivity contribution < 1.29 is 62.2 Å². The van der Waals surface area contributed by atoms with Crippen molar-refractivity contribution in [2.45, 2.75) is 117 Å². The van der Waals surface area contributed by atoms with Crippen LogP contribution in [-0.2, 0) is 66.4 Å².